The van der Waals surface area contributed by atoms with E-state index in [1.54, 1.807) is 19.2 Å². The minimum atomic E-state index is -0.109. The van der Waals surface area contributed by atoms with Gasteiger partial charge < -0.3 is 10.1 Å². The molecule has 3 atom stereocenters. The van der Waals surface area contributed by atoms with E-state index >= 15 is 0 Å². The molecular weight excluding hydrogens is 316 g/mol. The summed E-state index contributed by atoms with van der Waals surface area (Å²) in [5, 5.41) is 3.17. The highest BCUT2D eigenvalue weighted by Crippen LogP contribution is 2.32. The Labute approximate surface area is 150 Å². The predicted molar refractivity (Wildman–Crippen MR) is 96.4 cm³/mol. The first-order valence-electron chi connectivity index (χ1n) is 9.30. The number of likely N-dealkylation sites (tertiary alicyclic amines) is 1. The molecule has 2 saturated heterocycles. The fourth-order valence-electron chi connectivity index (χ4n) is 3.95. The Bertz CT molecular complexity index is 619. The number of hydrogen-bond donors (Lipinski definition) is 1. The average molecular weight is 346 g/mol. The third kappa shape index (κ3) is 4.55. The molecule has 1 aromatic rings. The molecule has 2 aliphatic rings. The number of aryl methyl sites for hydroxylation is 1. The van der Waals surface area contributed by atoms with Crippen LogP contribution in [0.3, 0.4) is 0 Å². The van der Waals surface area contributed by atoms with Crippen LogP contribution in [0, 0.1) is 12.3 Å². The molecule has 1 amide bonds. The molecule has 0 saturated carbocycles. The summed E-state index contributed by atoms with van der Waals surface area (Å²) in [5.41, 5.74) is 0.722. The Morgan fingerprint density at radius 2 is 2.28 bits per heavy atom. The fraction of sp³-hybridized carbons (Fsp3) is 0.737. The molecule has 0 bridgehead atoms. The third-order valence-corrected chi connectivity index (χ3v) is 5.37. The standard InChI is InChI=1S/C19H30N4O2/c1-13-16(22-18(24)17-7-8-20-14(2)21-17)6-5-9-23(13)11-15-10-19(3,4)12-25-15/h7-8,13,15-16H,5-6,9-12H2,1-4H3,(H,22,24). The van der Waals surface area contributed by atoms with Gasteiger partial charge in [-0.3, -0.25) is 9.69 Å². The van der Waals surface area contributed by atoms with Gasteiger partial charge in [0.05, 0.1) is 12.7 Å². The second-order valence-electron chi connectivity index (χ2n) is 8.25. The van der Waals surface area contributed by atoms with Crippen LogP contribution < -0.4 is 5.32 Å². The summed E-state index contributed by atoms with van der Waals surface area (Å²) in [4.78, 5) is 23.2. The molecule has 0 spiro atoms. The third-order valence-electron chi connectivity index (χ3n) is 5.37. The molecule has 6 nitrogen and oxygen atoms in total. The topological polar surface area (TPSA) is 67.4 Å². The maximum Gasteiger partial charge on any atom is 0.270 e. The van der Waals surface area contributed by atoms with E-state index in [-0.39, 0.29) is 17.4 Å². The lowest BCUT2D eigenvalue weighted by atomic mass is 9.90. The van der Waals surface area contributed by atoms with E-state index in [9.17, 15) is 4.79 Å². The van der Waals surface area contributed by atoms with Crippen molar-refractivity contribution in [3.05, 3.63) is 23.8 Å². The number of ether oxygens (including phenoxy) is 1. The predicted octanol–water partition coefficient (Wildman–Crippen LogP) is 2.18. The van der Waals surface area contributed by atoms with Crippen LogP contribution in [0.4, 0.5) is 0 Å². The van der Waals surface area contributed by atoms with Gasteiger partial charge in [0.15, 0.2) is 0 Å². The smallest absolute Gasteiger partial charge is 0.270 e. The van der Waals surface area contributed by atoms with Gasteiger partial charge in [-0.1, -0.05) is 13.8 Å². The van der Waals surface area contributed by atoms with E-state index in [1.165, 1.54) is 0 Å². The molecule has 1 aromatic heterocycles. The average Bonchev–Trinajstić information content (AvgIpc) is 2.90. The number of aromatic nitrogens is 2. The first kappa shape index (κ1) is 18.3. The number of carbonyl (C=O) groups excluding carboxylic acids is 1. The summed E-state index contributed by atoms with van der Waals surface area (Å²) in [6, 6.07) is 2.11. The molecule has 3 heterocycles. The van der Waals surface area contributed by atoms with Crippen LogP contribution in [-0.2, 0) is 4.74 Å². The number of hydrogen-bond acceptors (Lipinski definition) is 5. The molecule has 2 aliphatic heterocycles. The van der Waals surface area contributed by atoms with E-state index in [4.69, 9.17) is 4.74 Å². The molecule has 0 radical (unpaired) electrons. The van der Waals surface area contributed by atoms with Crippen LogP contribution in [0.25, 0.3) is 0 Å². The highest BCUT2D eigenvalue weighted by Gasteiger charge is 2.36. The number of carbonyl (C=O) groups is 1. The van der Waals surface area contributed by atoms with Gasteiger partial charge in [0.25, 0.3) is 5.91 Å². The van der Waals surface area contributed by atoms with E-state index < -0.39 is 0 Å². The van der Waals surface area contributed by atoms with Crippen molar-refractivity contribution in [3.8, 4) is 0 Å². The molecular formula is C19H30N4O2. The minimum Gasteiger partial charge on any atom is -0.376 e. The van der Waals surface area contributed by atoms with Crippen molar-refractivity contribution < 1.29 is 9.53 Å². The minimum absolute atomic E-state index is 0.109. The molecule has 3 unspecified atom stereocenters. The van der Waals surface area contributed by atoms with Gasteiger partial charge >= 0.3 is 0 Å². The van der Waals surface area contributed by atoms with E-state index in [1.807, 2.05) is 0 Å². The molecule has 138 valence electrons. The Morgan fingerprint density at radius 3 is 2.96 bits per heavy atom. The van der Waals surface area contributed by atoms with Crippen molar-refractivity contribution in [1.29, 1.82) is 0 Å². The second kappa shape index (κ2) is 7.38. The normalized spacial score (nSPS) is 29.5. The van der Waals surface area contributed by atoms with Crippen molar-refractivity contribution in [2.75, 3.05) is 19.7 Å². The highest BCUT2D eigenvalue weighted by molar-refractivity contribution is 5.92. The number of nitrogens with one attached hydrogen (secondary N) is 1. The molecule has 0 aliphatic carbocycles. The van der Waals surface area contributed by atoms with Crippen molar-refractivity contribution in [2.45, 2.75) is 65.1 Å². The number of piperidine rings is 1. The molecule has 0 aromatic carbocycles. The molecule has 25 heavy (non-hydrogen) atoms. The SMILES string of the molecule is Cc1nccc(C(=O)NC2CCCN(CC3CC(C)(C)CO3)C2C)n1. The zero-order valence-corrected chi connectivity index (χ0v) is 15.8. The summed E-state index contributed by atoms with van der Waals surface area (Å²) < 4.78 is 5.97. The number of rotatable bonds is 4. The summed E-state index contributed by atoms with van der Waals surface area (Å²) in [5.74, 6) is 0.509. The van der Waals surface area contributed by atoms with Crippen molar-refractivity contribution in [2.24, 2.45) is 5.41 Å². The van der Waals surface area contributed by atoms with Crippen molar-refractivity contribution in [1.82, 2.24) is 20.2 Å². The summed E-state index contributed by atoms with van der Waals surface area (Å²) >= 11 is 0. The quantitative estimate of drug-likeness (QED) is 0.905. The fourth-order valence-corrected chi connectivity index (χ4v) is 3.95. The highest BCUT2D eigenvalue weighted by atomic mass is 16.5. The van der Waals surface area contributed by atoms with E-state index in [2.05, 4.69) is 41.0 Å². The monoisotopic (exact) mass is 346 g/mol. The lowest BCUT2D eigenvalue weighted by Gasteiger charge is -2.40. The van der Waals surface area contributed by atoms with Crippen LogP contribution in [-0.4, -0.2) is 58.7 Å². The second-order valence-corrected chi connectivity index (χ2v) is 8.25. The lowest BCUT2D eigenvalue weighted by Crippen LogP contribution is -2.55. The van der Waals surface area contributed by atoms with Crippen LogP contribution in [0.1, 0.15) is 56.3 Å². The van der Waals surface area contributed by atoms with Gasteiger partial charge in [0, 0.05) is 24.8 Å². The van der Waals surface area contributed by atoms with Gasteiger partial charge in [-0.25, -0.2) is 9.97 Å². The summed E-state index contributed by atoms with van der Waals surface area (Å²) in [7, 11) is 0. The van der Waals surface area contributed by atoms with E-state index in [0.717, 1.165) is 39.0 Å². The maximum absolute atomic E-state index is 12.5. The molecule has 2 fully saturated rings. The van der Waals surface area contributed by atoms with Gasteiger partial charge in [-0.15, -0.1) is 0 Å². The Morgan fingerprint density at radius 1 is 1.48 bits per heavy atom. The number of amides is 1. The molecule has 6 heteroatoms. The Hall–Kier alpha value is -1.53. The first-order chi connectivity index (χ1) is 11.8. The first-order valence-corrected chi connectivity index (χ1v) is 9.30. The summed E-state index contributed by atoms with van der Waals surface area (Å²) in [6.45, 7) is 11.4. The Kier molecular flexibility index (Phi) is 5.39. The Balaban J connectivity index is 1.58. The molecule has 1 N–H and O–H groups in total. The van der Waals surface area contributed by atoms with Crippen LogP contribution in [0.2, 0.25) is 0 Å². The summed E-state index contributed by atoms with van der Waals surface area (Å²) in [6.07, 6.45) is 5.13. The van der Waals surface area contributed by atoms with Crippen LogP contribution >= 0.6 is 0 Å². The van der Waals surface area contributed by atoms with Crippen LogP contribution in [0.15, 0.2) is 12.3 Å². The van der Waals surface area contributed by atoms with E-state index in [0.29, 0.717) is 23.7 Å². The number of nitrogens with zero attached hydrogens (tertiary/aromatic N) is 3. The lowest BCUT2D eigenvalue weighted by molar-refractivity contribution is 0.0351. The van der Waals surface area contributed by atoms with Crippen molar-refractivity contribution in [3.63, 3.8) is 0 Å². The maximum atomic E-state index is 12.5. The van der Waals surface area contributed by atoms with Gasteiger partial charge in [0.1, 0.15) is 11.5 Å². The van der Waals surface area contributed by atoms with Crippen molar-refractivity contribution >= 4 is 5.91 Å². The molecule has 3 rings (SSSR count). The van der Waals surface area contributed by atoms with Gasteiger partial charge in [0.2, 0.25) is 0 Å². The largest absolute Gasteiger partial charge is 0.376 e. The van der Waals surface area contributed by atoms with Crippen LogP contribution in [0.5, 0.6) is 0 Å². The van der Waals surface area contributed by atoms with Gasteiger partial charge in [-0.05, 0) is 51.1 Å². The van der Waals surface area contributed by atoms with Gasteiger partial charge in [-0.2, -0.15) is 0 Å². The zero-order valence-electron chi connectivity index (χ0n) is 15.8. The zero-order chi connectivity index (χ0) is 18.0.